The summed E-state index contributed by atoms with van der Waals surface area (Å²) in [6.07, 6.45) is 3.35. The van der Waals surface area contributed by atoms with Crippen LogP contribution in [0.5, 0.6) is 0 Å². The Balaban J connectivity index is 1.56. The maximum atomic E-state index is 13.2. The molecule has 1 aliphatic rings. The Morgan fingerprint density at radius 2 is 1.69 bits per heavy atom. The van der Waals surface area contributed by atoms with E-state index in [2.05, 4.69) is 56.4 Å². The van der Waals surface area contributed by atoms with E-state index in [9.17, 15) is 10.1 Å². The van der Waals surface area contributed by atoms with E-state index >= 15 is 0 Å². The molecule has 1 aliphatic carbocycles. The Bertz CT molecular complexity index is 1080. The molecule has 0 radical (unpaired) electrons. The highest BCUT2D eigenvalue weighted by Crippen LogP contribution is 2.44. The smallest absolute Gasteiger partial charge is 0.225 e. The van der Waals surface area contributed by atoms with Gasteiger partial charge >= 0.3 is 0 Å². The lowest BCUT2D eigenvalue weighted by atomic mass is 9.72. The lowest BCUT2D eigenvalue weighted by Gasteiger charge is -2.33. The van der Waals surface area contributed by atoms with Gasteiger partial charge in [0.15, 0.2) is 0 Å². The summed E-state index contributed by atoms with van der Waals surface area (Å²) < 4.78 is 0. The SMILES string of the molecule is CC(C)(C)C1CCc2c(sc(NC(=O)CC(c3ccccc3)c3ccccc3)c2C#N)C1. The average molecular weight is 443 g/mol. The minimum absolute atomic E-state index is 0.0252. The van der Waals surface area contributed by atoms with Crippen LogP contribution in [0.1, 0.15) is 66.7 Å². The highest BCUT2D eigenvalue weighted by molar-refractivity contribution is 7.16. The predicted octanol–water partition coefficient (Wildman–Crippen LogP) is 6.93. The van der Waals surface area contributed by atoms with Crippen molar-refractivity contribution in [1.82, 2.24) is 0 Å². The highest BCUT2D eigenvalue weighted by Gasteiger charge is 2.32. The molecule has 0 saturated heterocycles. The van der Waals surface area contributed by atoms with Gasteiger partial charge in [0, 0.05) is 17.2 Å². The van der Waals surface area contributed by atoms with Gasteiger partial charge in [-0.3, -0.25) is 4.79 Å². The second kappa shape index (κ2) is 9.30. The van der Waals surface area contributed by atoms with Crippen LogP contribution in [0.3, 0.4) is 0 Å². The largest absolute Gasteiger partial charge is 0.317 e. The molecule has 1 N–H and O–H groups in total. The van der Waals surface area contributed by atoms with Gasteiger partial charge < -0.3 is 5.32 Å². The van der Waals surface area contributed by atoms with Gasteiger partial charge in [-0.1, -0.05) is 81.4 Å². The summed E-state index contributed by atoms with van der Waals surface area (Å²) in [4.78, 5) is 14.4. The van der Waals surface area contributed by atoms with Crippen LogP contribution >= 0.6 is 11.3 Å². The summed E-state index contributed by atoms with van der Waals surface area (Å²) in [6, 6.07) is 22.7. The molecule has 0 fully saturated rings. The Hall–Kier alpha value is -2.90. The lowest BCUT2D eigenvalue weighted by Crippen LogP contribution is -2.26. The third-order valence-electron chi connectivity index (χ3n) is 6.65. The first kappa shape index (κ1) is 22.3. The van der Waals surface area contributed by atoms with E-state index in [-0.39, 0.29) is 17.2 Å². The molecule has 3 nitrogen and oxygen atoms in total. The number of nitrogens with zero attached hydrogens (tertiary/aromatic N) is 1. The fraction of sp³-hybridized carbons (Fsp3) is 0.357. The number of rotatable bonds is 5. The molecule has 1 atom stereocenters. The summed E-state index contributed by atoms with van der Waals surface area (Å²) in [6.45, 7) is 6.87. The van der Waals surface area contributed by atoms with Crippen LogP contribution in [0, 0.1) is 22.7 Å². The van der Waals surface area contributed by atoms with Gasteiger partial charge in [-0.15, -0.1) is 11.3 Å². The molecule has 164 valence electrons. The number of nitrogens with one attached hydrogen (secondary N) is 1. The minimum Gasteiger partial charge on any atom is -0.317 e. The van der Waals surface area contributed by atoms with Crippen LogP contribution < -0.4 is 5.32 Å². The zero-order chi connectivity index (χ0) is 22.7. The van der Waals surface area contributed by atoms with E-state index in [1.165, 1.54) is 4.88 Å². The number of benzene rings is 2. The summed E-state index contributed by atoms with van der Waals surface area (Å²) >= 11 is 1.60. The van der Waals surface area contributed by atoms with Crippen molar-refractivity contribution in [3.63, 3.8) is 0 Å². The Morgan fingerprint density at radius 1 is 1.09 bits per heavy atom. The molecule has 1 unspecified atom stereocenters. The number of hydrogen-bond acceptors (Lipinski definition) is 3. The minimum atomic E-state index is -0.0508. The number of fused-ring (bicyclic) bond motifs is 1. The van der Waals surface area contributed by atoms with E-state index in [4.69, 9.17) is 0 Å². The van der Waals surface area contributed by atoms with Crippen LogP contribution in [-0.4, -0.2) is 5.91 Å². The van der Waals surface area contributed by atoms with E-state index in [1.807, 2.05) is 36.4 Å². The molecule has 1 aromatic heterocycles. The van der Waals surface area contributed by atoms with Crippen LogP contribution in [0.2, 0.25) is 0 Å². The van der Waals surface area contributed by atoms with Crippen LogP contribution in [0.25, 0.3) is 0 Å². The molecule has 0 aliphatic heterocycles. The van der Waals surface area contributed by atoms with E-state index < -0.39 is 0 Å². The molecular formula is C28H30N2OS. The lowest BCUT2D eigenvalue weighted by molar-refractivity contribution is -0.116. The number of nitriles is 1. The molecular weight excluding hydrogens is 412 g/mol. The fourth-order valence-corrected chi connectivity index (χ4v) is 5.99. The number of carbonyl (C=O) groups is 1. The summed E-state index contributed by atoms with van der Waals surface area (Å²) in [5.41, 5.74) is 4.30. The maximum absolute atomic E-state index is 13.2. The fourth-order valence-electron chi connectivity index (χ4n) is 4.69. The Kier molecular flexibility index (Phi) is 6.48. The molecule has 3 aromatic rings. The first-order valence-corrected chi connectivity index (χ1v) is 12.1. The summed E-state index contributed by atoms with van der Waals surface area (Å²) in [7, 11) is 0. The Labute approximate surface area is 195 Å². The molecule has 1 amide bonds. The summed E-state index contributed by atoms with van der Waals surface area (Å²) in [5.74, 6) is 0.525. The van der Waals surface area contributed by atoms with Crippen LogP contribution in [-0.2, 0) is 17.6 Å². The van der Waals surface area contributed by atoms with Crippen molar-refractivity contribution in [1.29, 1.82) is 5.26 Å². The second-order valence-corrected chi connectivity index (χ2v) is 10.9. The Morgan fingerprint density at radius 3 is 2.22 bits per heavy atom. The van der Waals surface area contributed by atoms with Crippen molar-refractivity contribution in [2.75, 3.05) is 5.32 Å². The maximum Gasteiger partial charge on any atom is 0.225 e. The van der Waals surface area contributed by atoms with Gasteiger partial charge in [0.25, 0.3) is 0 Å². The van der Waals surface area contributed by atoms with Crippen molar-refractivity contribution in [3.05, 3.63) is 87.8 Å². The van der Waals surface area contributed by atoms with E-state index in [0.29, 0.717) is 17.9 Å². The number of thiophene rings is 1. The molecule has 1 heterocycles. The van der Waals surface area contributed by atoms with Crippen molar-refractivity contribution >= 4 is 22.2 Å². The highest BCUT2D eigenvalue weighted by atomic mass is 32.1. The first-order valence-electron chi connectivity index (χ1n) is 11.3. The molecule has 0 bridgehead atoms. The van der Waals surface area contributed by atoms with Gasteiger partial charge in [-0.2, -0.15) is 5.26 Å². The van der Waals surface area contributed by atoms with Gasteiger partial charge in [0.1, 0.15) is 11.1 Å². The van der Waals surface area contributed by atoms with Gasteiger partial charge in [-0.05, 0) is 47.3 Å². The normalized spacial score (nSPS) is 15.8. The standard InChI is InChI=1S/C28H30N2OS/c1-28(2,3)21-14-15-22-24(18-29)27(32-25(22)16-21)30-26(31)17-23(19-10-6-4-7-11-19)20-12-8-5-9-13-20/h4-13,21,23H,14-17H2,1-3H3,(H,30,31). The third-order valence-corrected chi connectivity index (χ3v) is 7.82. The first-order chi connectivity index (χ1) is 15.4. The van der Waals surface area contributed by atoms with Crippen LogP contribution in [0.15, 0.2) is 60.7 Å². The summed E-state index contributed by atoms with van der Waals surface area (Å²) in [5, 5.41) is 13.7. The average Bonchev–Trinajstić information content (AvgIpc) is 3.14. The van der Waals surface area contributed by atoms with Gasteiger partial charge in [0.2, 0.25) is 5.91 Å². The van der Waals surface area contributed by atoms with Crippen molar-refractivity contribution in [2.45, 2.75) is 52.4 Å². The monoisotopic (exact) mass is 442 g/mol. The van der Waals surface area contributed by atoms with Crippen molar-refractivity contribution in [2.24, 2.45) is 11.3 Å². The van der Waals surface area contributed by atoms with Crippen molar-refractivity contribution in [3.8, 4) is 6.07 Å². The second-order valence-electron chi connectivity index (χ2n) is 9.75. The van der Waals surface area contributed by atoms with Gasteiger partial charge in [0.05, 0.1) is 5.56 Å². The molecule has 4 heteroatoms. The topological polar surface area (TPSA) is 52.9 Å². The molecule has 4 rings (SSSR count). The predicted molar refractivity (Wildman–Crippen MR) is 132 cm³/mol. The molecule has 32 heavy (non-hydrogen) atoms. The number of anilines is 1. The third kappa shape index (κ3) is 4.79. The molecule has 0 spiro atoms. The van der Waals surface area contributed by atoms with Crippen molar-refractivity contribution < 1.29 is 4.79 Å². The van der Waals surface area contributed by atoms with E-state index in [1.54, 1.807) is 11.3 Å². The number of hydrogen-bond donors (Lipinski definition) is 1. The van der Waals surface area contributed by atoms with Crippen LogP contribution in [0.4, 0.5) is 5.00 Å². The molecule has 0 saturated carbocycles. The quantitative estimate of drug-likeness (QED) is 0.466. The number of amides is 1. The molecule has 2 aromatic carbocycles. The van der Waals surface area contributed by atoms with E-state index in [0.717, 1.165) is 41.0 Å². The van der Waals surface area contributed by atoms with Gasteiger partial charge in [-0.25, -0.2) is 0 Å². The zero-order valence-electron chi connectivity index (χ0n) is 19.0. The zero-order valence-corrected chi connectivity index (χ0v) is 19.8. The number of carbonyl (C=O) groups excluding carboxylic acids is 1.